The molecule has 19 heavy (non-hydrogen) atoms. The van der Waals surface area contributed by atoms with Crippen LogP contribution in [0.5, 0.6) is 0 Å². The Hall–Kier alpha value is -2.64. The number of hydrogen-bond donors (Lipinski definition) is 3. The first-order valence-corrected chi connectivity index (χ1v) is 5.91. The molecule has 3 aromatic heterocycles. The van der Waals surface area contributed by atoms with Gasteiger partial charge in [-0.05, 0) is 6.07 Å². The lowest BCUT2D eigenvalue weighted by Crippen LogP contribution is -2.09. The average Bonchev–Trinajstić information content (AvgIpc) is 2.98. The fraction of sp³-hybridized carbons (Fsp3) is 0.273. The van der Waals surface area contributed by atoms with Crippen LogP contribution in [-0.2, 0) is 13.5 Å². The highest BCUT2D eigenvalue weighted by atomic mass is 15.2. The molecule has 4 N–H and O–H groups in total. The first-order chi connectivity index (χ1) is 9.22. The third kappa shape index (κ3) is 2.32. The van der Waals surface area contributed by atoms with Crippen molar-refractivity contribution in [2.75, 3.05) is 17.6 Å². The van der Waals surface area contributed by atoms with E-state index >= 15 is 0 Å². The number of H-pyrrole nitrogens is 1. The normalized spacial score (nSPS) is 11.0. The zero-order chi connectivity index (χ0) is 13.2. The minimum atomic E-state index is 0.208. The summed E-state index contributed by atoms with van der Waals surface area (Å²) in [6.07, 6.45) is 4.30. The van der Waals surface area contributed by atoms with E-state index in [2.05, 4.69) is 30.4 Å². The first-order valence-electron chi connectivity index (χ1n) is 5.91. The predicted octanol–water partition coefficient (Wildman–Crippen LogP) is 0.323. The molecule has 3 heterocycles. The van der Waals surface area contributed by atoms with Crippen LogP contribution >= 0.6 is 0 Å². The predicted molar refractivity (Wildman–Crippen MR) is 71.5 cm³/mol. The van der Waals surface area contributed by atoms with Crippen molar-refractivity contribution >= 4 is 22.9 Å². The molecule has 0 aliphatic carbocycles. The van der Waals surface area contributed by atoms with Gasteiger partial charge in [0.05, 0.1) is 12.0 Å². The maximum atomic E-state index is 5.64. The van der Waals surface area contributed by atoms with Gasteiger partial charge in [0, 0.05) is 26.2 Å². The number of aryl methyl sites for hydroxylation is 1. The minimum Gasteiger partial charge on any atom is -0.368 e. The van der Waals surface area contributed by atoms with E-state index < -0.39 is 0 Å². The summed E-state index contributed by atoms with van der Waals surface area (Å²) in [5.41, 5.74) is 7.99. The van der Waals surface area contributed by atoms with Crippen molar-refractivity contribution in [1.82, 2.24) is 29.7 Å². The van der Waals surface area contributed by atoms with Crippen LogP contribution in [-0.4, -0.2) is 36.3 Å². The Labute approximate surface area is 109 Å². The standard InChI is InChI=1S/C11H14N8/c1-19-5-3-7(18-19)2-4-13-9-8-10(15-6-14-8)17-11(12)16-9/h3,5-6H,2,4H2,1H3,(H4,12,13,14,15,16,17). The van der Waals surface area contributed by atoms with Gasteiger partial charge < -0.3 is 16.0 Å². The van der Waals surface area contributed by atoms with E-state index in [1.165, 1.54) is 0 Å². The van der Waals surface area contributed by atoms with Crippen LogP contribution in [0.2, 0.25) is 0 Å². The molecule has 0 bridgehead atoms. The molecule has 3 aromatic rings. The van der Waals surface area contributed by atoms with Crippen molar-refractivity contribution in [3.05, 3.63) is 24.3 Å². The van der Waals surface area contributed by atoms with Crippen LogP contribution in [0.25, 0.3) is 11.2 Å². The molecule has 0 aliphatic heterocycles. The topological polar surface area (TPSA) is 110 Å². The molecule has 8 heteroatoms. The monoisotopic (exact) mass is 258 g/mol. The molecular weight excluding hydrogens is 244 g/mol. The summed E-state index contributed by atoms with van der Waals surface area (Å²) in [4.78, 5) is 15.3. The van der Waals surface area contributed by atoms with Crippen LogP contribution < -0.4 is 11.1 Å². The van der Waals surface area contributed by atoms with Crippen LogP contribution in [0, 0.1) is 0 Å². The third-order valence-electron chi connectivity index (χ3n) is 2.75. The number of nitrogens with one attached hydrogen (secondary N) is 2. The lowest BCUT2D eigenvalue weighted by Gasteiger charge is -2.05. The van der Waals surface area contributed by atoms with E-state index in [-0.39, 0.29) is 5.95 Å². The Morgan fingerprint density at radius 3 is 3.11 bits per heavy atom. The zero-order valence-electron chi connectivity index (χ0n) is 10.5. The van der Waals surface area contributed by atoms with Crippen LogP contribution in [0.15, 0.2) is 18.6 Å². The van der Waals surface area contributed by atoms with Crippen molar-refractivity contribution in [3.63, 3.8) is 0 Å². The lowest BCUT2D eigenvalue weighted by atomic mass is 10.3. The molecule has 0 spiro atoms. The highest BCUT2D eigenvalue weighted by Gasteiger charge is 2.07. The van der Waals surface area contributed by atoms with Crippen LogP contribution in [0.4, 0.5) is 11.8 Å². The first kappa shape index (κ1) is 11.5. The van der Waals surface area contributed by atoms with E-state index in [9.17, 15) is 0 Å². The van der Waals surface area contributed by atoms with Gasteiger partial charge in [0.2, 0.25) is 5.95 Å². The molecule has 0 unspecified atom stereocenters. The molecule has 0 fully saturated rings. The molecule has 98 valence electrons. The van der Waals surface area contributed by atoms with Gasteiger partial charge in [0.1, 0.15) is 5.52 Å². The molecule has 0 atom stereocenters. The lowest BCUT2D eigenvalue weighted by molar-refractivity contribution is 0.742. The van der Waals surface area contributed by atoms with Gasteiger partial charge in [-0.1, -0.05) is 0 Å². The number of anilines is 2. The average molecular weight is 258 g/mol. The fourth-order valence-corrected chi connectivity index (χ4v) is 1.88. The van der Waals surface area contributed by atoms with Crippen molar-refractivity contribution < 1.29 is 0 Å². The summed E-state index contributed by atoms with van der Waals surface area (Å²) in [6.45, 7) is 0.710. The molecule has 0 amide bonds. The van der Waals surface area contributed by atoms with Gasteiger partial charge in [0.25, 0.3) is 0 Å². The molecule has 0 saturated carbocycles. The number of imidazole rings is 1. The fourth-order valence-electron chi connectivity index (χ4n) is 1.88. The van der Waals surface area contributed by atoms with Gasteiger partial charge in [-0.3, -0.25) is 4.68 Å². The summed E-state index contributed by atoms with van der Waals surface area (Å²) in [6, 6.07) is 1.99. The Balaban J connectivity index is 1.73. The highest BCUT2D eigenvalue weighted by molar-refractivity contribution is 5.83. The molecular formula is C11H14N8. The maximum Gasteiger partial charge on any atom is 0.224 e. The maximum absolute atomic E-state index is 5.64. The minimum absolute atomic E-state index is 0.208. The van der Waals surface area contributed by atoms with Crippen LogP contribution in [0.1, 0.15) is 5.69 Å². The summed E-state index contributed by atoms with van der Waals surface area (Å²) < 4.78 is 1.78. The zero-order valence-corrected chi connectivity index (χ0v) is 10.5. The van der Waals surface area contributed by atoms with E-state index in [0.717, 1.165) is 17.6 Å². The van der Waals surface area contributed by atoms with Gasteiger partial charge in [-0.15, -0.1) is 0 Å². The quantitative estimate of drug-likeness (QED) is 0.621. The molecule has 0 aliphatic rings. The number of fused-ring (bicyclic) bond motifs is 1. The smallest absolute Gasteiger partial charge is 0.224 e. The summed E-state index contributed by atoms with van der Waals surface area (Å²) in [5, 5.41) is 7.53. The summed E-state index contributed by atoms with van der Waals surface area (Å²) in [5.74, 6) is 0.871. The number of aromatic amines is 1. The van der Waals surface area contributed by atoms with E-state index in [0.29, 0.717) is 18.0 Å². The van der Waals surface area contributed by atoms with Gasteiger partial charge >= 0.3 is 0 Å². The van der Waals surface area contributed by atoms with E-state index in [1.807, 2.05) is 19.3 Å². The summed E-state index contributed by atoms with van der Waals surface area (Å²) >= 11 is 0. The Kier molecular flexibility index (Phi) is 2.75. The second-order valence-corrected chi connectivity index (χ2v) is 4.19. The van der Waals surface area contributed by atoms with Crippen molar-refractivity contribution in [1.29, 1.82) is 0 Å². The second kappa shape index (κ2) is 4.56. The van der Waals surface area contributed by atoms with Crippen LogP contribution in [0.3, 0.4) is 0 Å². The van der Waals surface area contributed by atoms with E-state index in [4.69, 9.17) is 5.73 Å². The van der Waals surface area contributed by atoms with Gasteiger partial charge in [0.15, 0.2) is 11.5 Å². The summed E-state index contributed by atoms with van der Waals surface area (Å²) in [7, 11) is 1.90. The molecule has 0 radical (unpaired) electrons. The number of aromatic nitrogens is 6. The Morgan fingerprint density at radius 2 is 2.32 bits per heavy atom. The molecule has 8 nitrogen and oxygen atoms in total. The SMILES string of the molecule is Cn1ccc(CCNc2nc(N)nc3nc[nH]c23)n1. The van der Waals surface area contributed by atoms with Crippen molar-refractivity contribution in [3.8, 4) is 0 Å². The molecule has 0 saturated heterocycles. The highest BCUT2D eigenvalue weighted by Crippen LogP contribution is 2.16. The van der Waals surface area contributed by atoms with Crippen molar-refractivity contribution in [2.45, 2.75) is 6.42 Å². The Bertz CT molecular complexity index is 698. The Morgan fingerprint density at radius 1 is 1.42 bits per heavy atom. The largest absolute Gasteiger partial charge is 0.368 e. The number of nitrogens with zero attached hydrogens (tertiary/aromatic N) is 5. The number of hydrogen-bond acceptors (Lipinski definition) is 6. The van der Waals surface area contributed by atoms with Gasteiger partial charge in [-0.25, -0.2) is 4.98 Å². The van der Waals surface area contributed by atoms with Crippen molar-refractivity contribution in [2.24, 2.45) is 7.05 Å². The third-order valence-corrected chi connectivity index (χ3v) is 2.75. The van der Waals surface area contributed by atoms with E-state index in [1.54, 1.807) is 11.0 Å². The molecule has 3 rings (SSSR count). The second-order valence-electron chi connectivity index (χ2n) is 4.19. The number of rotatable bonds is 4. The van der Waals surface area contributed by atoms with Gasteiger partial charge in [-0.2, -0.15) is 15.1 Å². The number of nitrogen functional groups attached to an aromatic ring is 1. The molecule has 0 aromatic carbocycles. The number of nitrogens with two attached hydrogens (primary N) is 1.